The third-order valence-electron chi connectivity index (χ3n) is 8.39. The second-order valence-corrected chi connectivity index (χ2v) is 12.8. The number of halogens is 1. The molecule has 6 rings (SSSR count). The number of ether oxygens (including phenoxy) is 2. The smallest absolute Gasteiger partial charge is 0.408 e. The van der Waals surface area contributed by atoms with Gasteiger partial charge in [-0.05, 0) is 70.6 Å². The fraction of sp³-hybridized carbons (Fsp3) is 0.679. The molecule has 5 aliphatic rings. The van der Waals surface area contributed by atoms with Gasteiger partial charge in [-0.3, -0.25) is 19.8 Å². The molecule has 0 spiro atoms. The van der Waals surface area contributed by atoms with Gasteiger partial charge in [0.15, 0.2) is 0 Å². The fourth-order valence-corrected chi connectivity index (χ4v) is 6.51. The molecule has 38 heavy (non-hydrogen) atoms. The lowest BCUT2D eigenvalue weighted by molar-refractivity contribution is -0.170. The first-order valence-corrected chi connectivity index (χ1v) is 14.1. The molecule has 1 aromatic carbocycles. The Bertz CT molecular complexity index is 1070. The maximum absolute atomic E-state index is 12.4. The van der Waals surface area contributed by atoms with Crippen molar-refractivity contribution in [1.29, 1.82) is 0 Å². The number of piperazine rings is 1. The van der Waals surface area contributed by atoms with Crippen LogP contribution in [-0.2, 0) is 19.1 Å². The zero-order valence-corrected chi connectivity index (χ0v) is 23.4. The molecule has 4 heterocycles. The van der Waals surface area contributed by atoms with E-state index in [1.165, 1.54) is 0 Å². The number of anilines is 1. The summed E-state index contributed by atoms with van der Waals surface area (Å²) in [6, 6.07) is 5.90. The van der Waals surface area contributed by atoms with Crippen LogP contribution in [-0.4, -0.2) is 78.9 Å². The number of carbonyl (C=O) groups is 3. The number of nitrogens with zero attached hydrogens (tertiary/aromatic N) is 2. The van der Waals surface area contributed by atoms with Crippen LogP contribution in [0.5, 0.6) is 0 Å². The number of benzene rings is 1. The van der Waals surface area contributed by atoms with Gasteiger partial charge in [0.05, 0.1) is 23.7 Å². The summed E-state index contributed by atoms with van der Waals surface area (Å²) in [7, 11) is 0. The number of rotatable bonds is 5. The molecular weight excluding hydrogens is 508 g/mol. The highest BCUT2D eigenvalue weighted by Gasteiger charge is 2.51. The third kappa shape index (κ3) is 5.95. The van der Waals surface area contributed by atoms with Crippen molar-refractivity contribution in [3.63, 3.8) is 0 Å². The van der Waals surface area contributed by atoms with E-state index in [2.05, 4.69) is 20.4 Å². The van der Waals surface area contributed by atoms with Crippen LogP contribution in [0.15, 0.2) is 18.2 Å². The summed E-state index contributed by atoms with van der Waals surface area (Å²) >= 11 is 6.60. The van der Waals surface area contributed by atoms with E-state index < -0.39 is 5.60 Å². The van der Waals surface area contributed by atoms with Crippen molar-refractivity contribution < 1.29 is 23.9 Å². The molecule has 0 radical (unpaired) electrons. The topological polar surface area (TPSA) is 100 Å². The van der Waals surface area contributed by atoms with Crippen molar-refractivity contribution in [1.82, 2.24) is 15.5 Å². The largest absolute Gasteiger partial charge is 0.444 e. The van der Waals surface area contributed by atoms with Crippen molar-refractivity contribution in [3.8, 4) is 0 Å². The van der Waals surface area contributed by atoms with Crippen LogP contribution in [0.25, 0.3) is 0 Å². The van der Waals surface area contributed by atoms with E-state index in [-0.39, 0.29) is 35.0 Å². The molecule has 2 bridgehead atoms. The van der Waals surface area contributed by atoms with Gasteiger partial charge in [0.1, 0.15) is 5.60 Å². The van der Waals surface area contributed by atoms with Crippen LogP contribution in [0.2, 0.25) is 5.02 Å². The van der Waals surface area contributed by atoms with Crippen molar-refractivity contribution in [2.45, 2.75) is 82.0 Å². The molecule has 1 aliphatic carbocycles. The van der Waals surface area contributed by atoms with Gasteiger partial charge in [-0.2, -0.15) is 0 Å². The van der Waals surface area contributed by atoms with Crippen molar-refractivity contribution in [3.05, 3.63) is 28.8 Å². The number of amides is 3. The zero-order valence-electron chi connectivity index (χ0n) is 22.6. The molecule has 4 saturated heterocycles. The highest BCUT2D eigenvalue weighted by molar-refractivity contribution is 6.32. The van der Waals surface area contributed by atoms with Crippen LogP contribution in [0.1, 0.15) is 70.8 Å². The monoisotopic (exact) mass is 546 g/mol. The van der Waals surface area contributed by atoms with Crippen molar-refractivity contribution in [2.75, 3.05) is 44.2 Å². The number of hydrogen-bond donors (Lipinski definition) is 2. The van der Waals surface area contributed by atoms with Gasteiger partial charge in [-0.25, -0.2) is 4.79 Å². The summed E-state index contributed by atoms with van der Waals surface area (Å²) < 4.78 is 11.9. The minimum Gasteiger partial charge on any atom is -0.444 e. The maximum atomic E-state index is 12.4. The molecule has 9 nitrogen and oxygen atoms in total. The Morgan fingerprint density at radius 3 is 2.45 bits per heavy atom. The van der Waals surface area contributed by atoms with E-state index in [0.717, 1.165) is 69.7 Å². The van der Waals surface area contributed by atoms with Crippen molar-refractivity contribution >= 4 is 35.2 Å². The molecule has 3 amide bonds. The van der Waals surface area contributed by atoms with Gasteiger partial charge in [-0.1, -0.05) is 17.7 Å². The minimum absolute atomic E-state index is 0.146. The first-order chi connectivity index (χ1) is 17.9. The van der Waals surface area contributed by atoms with E-state index in [0.29, 0.717) is 24.5 Å². The quantitative estimate of drug-likeness (QED) is 0.544. The summed E-state index contributed by atoms with van der Waals surface area (Å²) in [6.07, 6.45) is 4.14. The van der Waals surface area contributed by atoms with Crippen LogP contribution < -0.4 is 15.5 Å². The second kappa shape index (κ2) is 10.3. The molecule has 208 valence electrons. The number of alkyl carbamates (subject to hydrolysis) is 1. The first kappa shape index (κ1) is 27.2. The normalized spacial score (nSPS) is 30.2. The SMILES string of the molecule is CC(C)(C)OC(=O)NC12CCC(CN3CCN(c4ccc(C5CCC(=O)NC5=O)c(Cl)c4)CC3)(CC1)OC2. The number of hydrogen-bond acceptors (Lipinski definition) is 7. The fourth-order valence-electron chi connectivity index (χ4n) is 6.21. The lowest BCUT2D eigenvalue weighted by atomic mass is 9.71. The van der Waals surface area contributed by atoms with Crippen LogP contribution in [0.3, 0.4) is 0 Å². The maximum Gasteiger partial charge on any atom is 0.408 e. The molecule has 1 aromatic rings. The lowest BCUT2D eigenvalue weighted by Crippen LogP contribution is -2.66. The van der Waals surface area contributed by atoms with Gasteiger partial charge in [-0.15, -0.1) is 0 Å². The van der Waals surface area contributed by atoms with E-state index in [1.54, 1.807) is 0 Å². The van der Waals surface area contributed by atoms with Gasteiger partial charge >= 0.3 is 6.09 Å². The Hall–Kier alpha value is -2.36. The Kier molecular flexibility index (Phi) is 7.39. The summed E-state index contributed by atoms with van der Waals surface area (Å²) in [5.74, 6) is -0.871. The average Bonchev–Trinajstić information content (AvgIpc) is 2.85. The summed E-state index contributed by atoms with van der Waals surface area (Å²) in [6.45, 7) is 10.7. The first-order valence-electron chi connectivity index (χ1n) is 13.7. The van der Waals surface area contributed by atoms with E-state index in [9.17, 15) is 14.4 Å². The Morgan fingerprint density at radius 2 is 1.87 bits per heavy atom. The number of carbonyl (C=O) groups excluding carboxylic acids is 3. The molecule has 0 aromatic heterocycles. The van der Waals surface area contributed by atoms with E-state index in [4.69, 9.17) is 21.1 Å². The van der Waals surface area contributed by atoms with Gasteiger partial charge in [0, 0.05) is 49.9 Å². The van der Waals surface area contributed by atoms with Gasteiger partial charge < -0.3 is 19.7 Å². The second-order valence-electron chi connectivity index (χ2n) is 12.4. The van der Waals surface area contributed by atoms with Crippen LogP contribution >= 0.6 is 11.6 Å². The third-order valence-corrected chi connectivity index (χ3v) is 8.71. The van der Waals surface area contributed by atoms with E-state index >= 15 is 0 Å². The highest BCUT2D eigenvalue weighted by atomic mass is 35.5. The molecule has 1 atom stereocenters. The average molecular weight is 547 g/mol. The highest BCUT2D eigenvalue weighted by Crippen LogP contribution is 2.44. The van der Waals surface area contributed by atoms with Crippen LogP contribution in [0.4, 0.5) is 10.5 Å². The molecule has 1 saturated carbocycles. The molecule has 2 N–H and O–H groups in total. The Balaban J connectivity index is 1.12. The molecule has 10 heteroatoms. The number of piperidine rings is 1. The minimum atomic E-state index is -0.516. The number of nitrogens with one attached hydrogen (secondary N) is 2. The van der Waals surface area contributed by atoms with E-state index in [1.807, 2.05) is 39.0 Å². The molecular formula is C28H39ClN4O5. The Morgan fingerprint density at radius 1 is 1.16 bits per heavy atom. The number of fused-ring (bicyclic) bond motifs is 3. The van der Waals surface area contributed by atoms with Gasteiger partial charge in [0.2, 0.25) is 11.8 Å². The summed E-state index contributed by atoms with van der Waals surface area (Å²) in [5.41, 5.74) is 0.849. The molecule has 5 fully saturated rings. The predicted molar refractivity (Wildman–Crippen MR) is 144 cm³/mol. The Labute approximate surface area is 229 Å². The molecule has 4 aliphatic heterocycles. The van der Waals surface area contributed by atoms with Crippen molar-refractivity contribution in [2.24, 2.45) is 0 Å². The standard InChI is InChI=1S/C28H39ClN4O5/c1-26(2,3)38-25(36)31-27-8-10-28(11-9-27,37-18-27)17-32-12-14-33(15-13-32)19-4-5-20(22(29)16-19)21-6-7-23(34)30-24(21)35/h4-5,16,21H,6-15,17-18H2,1-3H3,(H,31,36)(H,30,34,35). The number of imide groups is 1. The molecule has 1 unspecified atom stereocenters. The predicted octanol–water partition coefficient (Wildman–Crippen LogP) is 3.59. The summed E-state index contributed by atoms with van der Waals surface area (Å²) in [5, 5.41) is 6.08. The van der Waals surface area contributed by atoms with Gasteiger partial charge in [0.25, 0.3) is 0 Å². The zero-order chi connectivity index (χ0) is 27.1. The summed E-state index contributed by atoms with van der Waals surface area (Å²) in [4.78, 5) is 40.9. The lowest BCUT2D eigenvalue weighted by Gasteiger charge is -2.54. The van der Waals surface area contributed by atoms with Crippen LogP contribution in [0, 0.1) is 0 Å².